The summed E-state index contributed by atoms with van der Waals surface area (Å²) >= 11 is 0. The zero-order chi connectivity index (χ0) is 22.0. The lowest BCUT2D eigenvalue weighted by molar-refractivity contribution is -0.356. The van der Waals surface area contributed by atoms with E-state index in [-0.39, 0.29) is 13.2 Å². The van der Waals surface area contributed by atoms with E-state index in [9.17, 15) is 48.9 Å². The number of morpholine rings is 1. The van der Waals surface area contributed by atoms with Gasteiger partial charge in [-0.25, -0.2) is 13.2 Å². The molecule has 1 fully saturated rings. The molecule has 0 bridgehead atoms. The van der Waals surface area contributed by atoms with Crippen molar-refractivity contribution in [3.8, 4) is 0 Å². The third kappa shape index (κ3) is 5.12. The van der Waals surface area contributed by atoms with Crippen molar-refractivity contribution in [3.63, 3.8) is 0 Å². The molecule has 162 valence electrons. The predicted octanol–water partition coefficient (Wildman–Crippen LogP) is 0.285. The van der Waals surface area contributed by atoms with E-state index >= 15 is 0 Å². The Kier molecular flexibility index (Phi) is 7.08. The summed E-state index contributed by atoms with van der Waals surface area (Å²) in [5.74, 6) is -11.8. The van der Waals surface area contributed by atoms with Crippen molar-refractivity contribution >= 4 is 22.0 Å². The van der Waals surface area contributed by atoms with Crippen LogP contribution in [0.5, 0.6) is 0 Å². The molecule has 0 aromatic heterocycles. The van der Waals surface area contributed by atoms with Crippen molar-refractivity contribution in [2.75, 3.05) is 32.9 Å². The molecule has 1 amide bonds. The van der Waals surface area contributed by atoms with Gasteiger partial charge in [0.1, 0.15) is 6.61 Å². The van der Waals surface area contributed by atoms with Gasteiger partial charge in [-0.05, 0) is 0 Å². The van der Waals surface area contributed by atoms with Crippen LogP contribution in [-0.2, 0) is 33.9 Å². The Morgan fingerprint density at radius 1 is 1.14 bits per heavy atom. The number of carbonyl (C=O) groups is 2. The summed E-state index contributed by atoms with van der Waals surface area (Å²) in [5, 5.41) is -5.44. The zero-order valence-corrected chi connectivity index (χ0v) is 14.4. The van der Waals surface area contributed by atoms with Crippen LogP contribution in [0.4, 0.5) is 26.3 Å². The van der Waals surface area contributed by atoms with Crippen molar-refractivity contribution < 1.29 is 63.1 Å². The summed E-state index contributed by atoms with van der Waals surface area (Å²) in [5.41, 5.74) is 0. The summed E-state index contributed by atoms with van der Waals surface area (Å²) in [6.07, 6.45) is -6.09. The molecule has 1 aliphatic heterocycles. The Morgan fingerprint density at radius 2 is 1.64 bits per heavy atom. The normalized spacial score (nSPS) is 18.3. The number of halogens is 6. The van der Waals surface area contributed by atoms with Gasteiger partial charge in [-0.2, -0.15) is 26.3 Å². The lowest BCUT2D eigenvalue weighted by Crippen LogP contribution is -2.64. The van der Waals surface area contributed by atoms with Gasteiger partial charge >= 0.3 is 29.1 Å². The van der Waals surface area contributed by atoms with Crippen LogP contribution in [0.3, 0.4) is 0 Å². The van der Waals surface area contributed by atoms with Crippen LogP contribution in [-0.4, -0.2) is 79.9 Å². The fourth-order valence-corrected chi connectivity index (χ4v) is 2.02. The molecular weight excluding hydrogens is 432 g/mol. The first kappa shape index (κ1) is 24.1. The van der Waals surface area contributed by atoms with Gasteiger partial charge in [-0.15, -0.1) is 0 Å². The number of esters is 1. The number of nitrogens with zero attached hydrogens (tertiary/aromatic N) is 1. The van der Waals surface area contributed by atoms with Crippen LogP contribution in [0, 0.1) is 0 Å². The molecule has 0 N–H and O–H groups in total. The van der Waals surface area contributed by atoms with Crippen molar-refractivity contribution in [1.29, 1.82) is 0 Å². The van der Waals surface area contributed by atoms with E-state index in [2.05, 4.69) is 16.1 Å². The maximum Gasteiger partial charge on any atom is 0.466 e. The molecule has 0 aliphatic carbocycles. The van der Waals surface area contributed by atoms with Gasteiger partial charge < -0.3 is 23.7 Å². The van der Waals surface area contributed by atoms with Gasteiger partial charge in [0.25, 0.3) is 0 Å². The van der Waals surface area contributed by atoms with Gasteiger partial charge in [0.2, 0.25) is 5.83 Å². The van der Waals surface area contributed by atoms with E-state index in [0.717, 1.165) is 0 Å². The van der Waals surface area contributed by atoms with E-state index in [4.69, 9.17) is 4.74 Å². The molecule has 0 saturated carbocycles. The minimum atomic E-state index is -6.52. The van der Waals surface area contributed by atoms with E-state index in [0.29, 0.717) is 4.90 Å². The first-order chi connectivity index (χ1) is 12.6. The zero-order valence-electron chi connectivity index (χ0n) is 13.6. The highest BCUT2D eigenvalue weighted by molar-refractivity contribution is 7.86. The molecule has 1 aliphatic rings. The largest absolute Gasteiger partial charge is 0.743 e. The number of carbonyl (C=O) groups excluding carboxylic acids is 2. The molecule has 9 nitrogen and oxygen atoms in total. The minimum Gasteiger partial charge on any atom is -0.743 e. The molecule has 1 atom stereocenters. The summed E-state index contributed by atoms with van der Waals surface area (Å²) in [6, 6.07) is 0. The third-order valence-corrected chi connectivity index (χ3v) is 4.07. The van der Waals surface area contributed by atoms with Crippen LogP contribution >= 0.6 is 0 Å². The lowest BCUT2D eigenvalue weighted by atomic mass is 10.2. The van der Waals surface area contributed by atoms with Gasteiger partial charge in [-0.3, -0.25) is 4.79 Å². The maximum absolute atomic E-state index is 13.6. The second-order valence-electron chi connectivity index (χ2n) is 5.19. The predicted molar refractivity (Wildman–Crippen MR) is 73.1 cm³/mol. The molecule has 1 rings (SSSR count). The number of ether oxygens (including phenoxy) is 3. The molecule has 1 heterocycles. The smallest absolute Gasteiger partial charge is 0.466 e. The standard InChI is InChI=1S/C12H13F6NO8S/c1-7(13)8(20)27-11(12(16,17)18,9(21)19-2-4-25-5-3-19)26-6-10(14,15)28(22,23)24/h1-6H2,(H,22,23,24)/p-1. The molecule has 0 aromatic carbocycles. The van der Waals surface area contributed by atoms with Crippen molar-refractivity contribution in [2.24, 2.45) is 0 Å². The maximum atomic E-state index is 13.6. The van der Waals surface area contributed by atoms with E-state index < -0.39 is 64.7 Å². The topological polar surface area (TPSA) is 122 Å². The lowest BCUT2D eigenvalue weighted by Gasteiger charge is -2.38. The number of rotatable bonds is 7. The molecule has 28 heavy (non-hydrogen) atoms. The van der Waals surface area contributed by atoms with E-state index in [1.807, 2.05) is 0 Å². The molecule has 0 aromatic rings. The first-order valence-corrected chi connectivity index (χ1v) is 8.45. The Hall–Kier alpha value is -1.91. The van der Waals surface area contributed by atoms with Crippen molar-refractivity contribution in [3.05, 3.63) is 12.4 Å². The fourth-order valence-electron chi connectivity index (χ4n) is 1.81. The summed E-state index contributed by atoms with van der Waals surface area (Å²) in [4.78, 5) is 23.9. The number of alkyl halides is 5. The highest BCUT2D eigenvalue weighted by Gasteiger charge is 2.68. The van der Waals surface area contributed by atoms with Crippen molar-refractivity contribution in [2.45, 2.75) is 17.2 Å². The fraction of sp³-hybridized carbons (Fsp3) is 0.667. The summed E-state index contributed by atoms with van der Waals surface area (Å²) in [6.45, 7) is -2.09. The van der Waals surface area contributed by atoms with Crippen LogP contribution in [0.1, 0.15) is 0 Å². The van der Waals surface area contributed by atoms with Gasteiger partial charge in [-0.1, -0.05) is 6.58 Å². The van der Waals surface area contributed by atoms with Crippen LogP contribution < -0.4 is 0 Å². The van der Waals surface area contributed by atoms with Crippen LogP contribution in [0.25, 0.3) is 0 Å². The van der Waals surface area contributed by atoms with Gasteiger partial charge in [0, 0.05) is 13.1 Å². The number of hydrogen-bond acceptors (Lipinski definition) is 8. The minimum absolute atomic E-state index is 0.283. The molecule has 16 heteroatoms. The molecule has 0 radical (unpaired) electrons. The Morgan fingerprint density at radius 3 is 2.04 bits per heavy atom. The number of amides is 1. The summed E-state index contributed by atoms with van der Waals surface area (Å²) < 4.78 is 124. The highest BCUT2D eigenvalue weighted by Crippen LogP contribution is 2.39. The molecule has 1 saturated heterocycles. The highest BCUT2D eigenvalue weighted by atomic mass is 32.2. The average Bonchev–Trinajstić information content (AvgIpc) is 2.56. The second-order valence-corrected chi connectivity index (χ2v) is 6.70. The Bertz CT molecular complexity index is 733. The average molecular weight is 444 g/mol. The van der Waals surface area contributed by atoms with E-state index in [1.54, 1.807) is 0 Å². The van der Waals surface area contributed by atoms with E-state index in [1.165, 1.54) is 0 Å². The monoisotopic (exact) mass is 444 g/mol. The molecular formula is C12H12F6NO8S-. The summed E-state index contributed by atoms with van der Waals surface area (Å²) in [7, 11) is -6.52. The second kappa shape index (κ2) is 8.22. The van der Waals surface area contributed by atoms with Crippen molar-refractivity contribution in [1.82, 2.24) is 4.90 Å². The quantitative estimate of drug-likeness (QED) is 0.181. The number of hydrogen-bond donors (Lipinski definition) is 0. The SMILES string of the molecule is C=C(F)C(=O)OC(OCC(F)(F)S(=O)(=O)[O-])(C(=O)N1CCOCC1)C(F)(F)F. The van der Waals surface area contributed by atoms with Gasteiger partial charge in [0.05, 0.1) is 13.2 Å². The Balaban J connectivity index is 3.41. The van der Waals surface area contributed by atoms with Crippen LogP contribution in [0.15, 0.2) is 12.4 Å². The van der Waals surface area contributed by atoms with Gasteiger partial charge in [0.15, 0.2) is 10.1 Å². The third-order valence-electron chi connectivity index (χ3n) is 3.22. The molecule has 0 spiro atoms. The van der Waals surface area contributed by atoms with Crippen LogP contribution in [0.2, 0.25) is 0 Å². The first-order valence-electron chi connectivity index (χ1n) is 7.04. The Labute approximate surface area is 153 Å². The molecule has 1 unspecified atom stereocenters.